The number of hydrogen-bond donors (Lipinski definition) is 2. The van der Waals surface area contributed by atoms with Crippen LogP contribution in [-0.4, -0.2) is 49.2 Å². The minimum Gasteiger partial charge on any atom is -0.494 e. The first-order chi connectivity index (χ1) is 22.4. The van der Waals surface area contributed by atoms with Gasteiger partial charge in [0.2, 0.25) is 5.95 Å². The summed E-state index contributed by atoms with van der Waals surface area (Å²) in [5.74, 6) is -2.02. The standard InChI is InChI=1S/C31H24F6N8OS/c1-17-22(7-8-25-24(17)15-42-45(25)16-26(30(32,33)34)31(35,36)37)28-23-11-27(39-12-18(23)9-10-38-28)43-19-3-5-21(6-4-19)47-44-29-40-13-20(46-2)14-41-29/h3-15,26H,16H2,1-2H3,(H,39,43)(H,40,41,44). The topological polar surface area (TPSA) is 103 Å². The molecule has 0 unspecified atom stereocenters. The van der Waals surface area contributed by atoms with E-state index in [1.165, 1.54) is 31.3 Å². The minimum atomic E-state index is -5.47. The molecular formula is C31H24F6N8OS. The molecule has 0 radical (unpaired) electrons. The molecule has 0 bridgehead atoms. The van der Waals surface area contributed by atoms with Gasteiger partial charge in [0.05, 0.1) is 43.5 Å². The van der Waals surface area contributed by atoms with Crippen LogP contribution in [0.15, 0.2) is 84.4 Å². The van der Waals surface area contributed by atoms with Gasteiger partial charge in [-0.05, 0) is 66.9 Å². The molecule has 0 saturated heterocycles. The molecule has 2 aromatic carbocycles. The third-order valence-corrected chi connectivity index (χ3v) is 8.19. The zero-order valence-corrected chi connectivity index (χ0v) is 25.4. The number of alkyl halides is 6. The highest BCUT2D eigenvalue weighted by atomic mass is 32.2. The van der Waals surface area contributed by atoms with Crippen LogP contribution >= 0.6 is 11.9 Å². The number of hydrogen-bond acceptors (Lipinski definition) is 9. The molecule has 9 nitrogen and oxygen atoms in total. The van der Waals surface area contributed by atoms with Crippen molar-refractivity contribution in [3.63, 3.8) is 0 Å². The van der Waals surface area contributed by atoms with E-state index in [1.54, 1.807) is 43.8 Å². The van der Waals surface area contributed by atoms with Gasteiger partial charge < -0.3 is 10.1 Å². The van der Waals surface area contributed by atoms with Crippen LogP contribution < -0.4 is 14.8 Å². The second-order valence-corrected chi connectivity index (χ2v) is 11.3. The number of aromatic nitrogens is 6. The van der Waals surface area contributed by atoms with E-state index in [0.29, 0.717) is 39.7 Å². The molecule has 0 fully saturated rings. The number of methoxy groups -OCH3 is 1. The Morgan fingerprint density at radius 2 is 1.57 bits per heavy atom. The van der Waals surface area contributed by atoms with Crippen LogP contribution in [0.5, 0.6) is 5.75 Å². The Morgan fingerprint density at radius 1 is 0.851 bits per heavy atom. The number of benzene rings is 2. The smallest absolute Gasteiger partial charge is 0.402 e. The minimum absolute atomic E-state index is 0.155. The van der Waals surface area contributed by atoms with E-state index in [0.717, 1.165) is 26.0 Å². The molecule has 0 spiro atoms. The van der Waals surface area contributed by atoms with E-state index in [2.05, 4.69) is 35.1 Å². The van der Waals surface area contributed by atoms with Crippen molar-refractivity contribution in [2.75, 3.05) is 17.1 Å². The monoisotopic (exact) mass is 670 g/mol. The van der Waals surface area contributed by atoms with Crippen LogP contribution in [0.3, 0.4) is 0 Å². The number of rotatable bonds is 9. The summed E-state index contributed by atoms with van der Waals surface area (Å²) in [7, 11) is 1.54. The van der Waals surface area contributed by atoms with Crippen molar-refractivity contribution in [2.24, 2.45) is 5.92 Å². The Kier molecular flexibility index (Phi) is 8.53. The number of halogens is 6. The van der Waals surface area contributed by atoms with Gasteiger partial charge in [-0.1, -0.05) is 6.07 Å². The maximum atomic E-state index is 13.2. The zero-order chi connectivity index (χ0) is 33.3. The molecule has 0 aliphatic rings. The van der Waals surface area contributed by atoms with E-state index in [9.17, 15) is 26.3 Å². The van der Waals surface area contributed by atoms with Crippen molar-refractivity contribution in [2.45, 2.75) is 30.7 Å². The summed E-state index contributed by atoms with van der Waals surface area (Å²) in [4.78, 5) is 18.3. The van der Waals surface area contributed by atoms with E-state index in [1.807, 2.05) is 30.3 Å². The average Bonchev–Trinajstić information content (AvgIpc) is 3.46. The number of fused-ring (bicyclic) bond motifs is 2. The van der Waals surface area contributed by atoms with Crippen LogP contribution in [0.4, 0.5) is 43.8 Å². The molecule has 6 aromatic rings. The quantitative estimate of drug-likeness (QED) is 0.116. The maximum absolute atomic E-state index is 13.2. The van der Waals surface area contributed by atoms with Gasteiger partial charge in [0, 0.05) is 44.7 Å². The summed E-state index contributed by atoms with van der Waals surface area (Å²) in [6.45, 7) is 0.348. The predicted octanol–water partition coefficient (Wildman–Crippen LogP) is 8.36. The number of ether oxygens (including phenoxy) is 1. The van der Waals surface area contributed by atoms with Gasteiger partial charge >= 0.3 is 12.4 Å². The third-order valence-electron chi connectivity index (χ3n) is 7.40. The van der Waals surface area contributed by atoms with Crippen LogP contribution in [-0.2, 0) is 6.54 Å². The molecule has 4 aromatic heterocycles. The molecule has 47 heavy (non-hydrogen) atoms. The molecule has 0 saturated carbocycles. The van der Waals surface area contributed by atoms with E-state index < -0.39 is 24.8 Å². The van der Waals surface area contributed by atoms with Crippen molar-refractivity contribution in [3.05, 3.63) is 85.1 Å². The first-order valence-corrected chi connectivity index (χ1v) is 14.7. The molecule has 16 heteroatoms. The van der Waals surface area contributed by atoms with Gasteiger partial charge in [0.1, 0.15) is 5.82 Å². The van der Waals surface area contributed by atoms with Crippen LogP contribution in [0, 0.1) is 12.8 Å². The van der Waals surface area contributed by atoms with E-state index in [4.69, 9.17) is 4.74 Å². The van der Waals surface area contributed by atoms with Crippen molar-refractivity contribution < 1.29 is 31.1 Å². The molecule has 0 aliphatic carbocycles. The Hall–Kier alpha value is -5.12. The fourth-order valence-corrected chi connectivity index (χ4v) is 5.53. The van der Waals surface area contributed by atoms with Gasteiger partial charge in [-0.25, -0.2) is 15.0 Å². The summed E-state index contributed by atoms with van der Waals surface area (Å²) in [6, 6.07) is 14.3. The van der Waals surface area contributed by atoms with Crippen LogP contribution in [0.2, 0.25) is 0 Å². The lowest BCUT2D eigenvalue weighted by atomic mass is 9.98. The Labute approximate surface area is 267 Å². The van der Waals surface area contributed by atoms with Gasteiger partial charge in [-0.15, -0.1) is 0 Å². The van der Waals surface area contributed by atoms with Crippen molar-refractivity contribution in [1.29, 1.82) is 0 Å². The Bertz CT molecular complexity index is 2020. The molecule has 2 N–H and O–H groups in total. The Balaban J connectivity index is 1.23. The summed E-state index contributed by atoms with van der Waals surface area (Å²) in [5.41, 5.74) is 2.76. The number of nitrogens with one attached hydrogen (secondary N) is 2. The highest BCUT2D eigenvalue weighted by molar-refractivity contribution is 8.00. The fourth-order valence-electron chi connectivity index (χ4n) is 4.94. The molecular weight excluding hydrogens is 646 g/mol. The maximum Gasteiger partial charge on any atom is 0.402 e. The van der Waals surface area contributed by atoms with Crippen molar-refractivity contribution in [3.8, 4) is 17.0 Å². The summed E-state index contributed by atoms with van der Waals surface area (Å²) < 4.78 is 88.2. The second-order valence-electron chi connectivity index (χ2n) is 10.4. The van der Waals surface area contributed by atoms with Gasteiger partial charge in [0.15, 0.2) is 11.7 Å². The van der Waals surface area contributed by atoms with E-state index in [-0.39, 0.29) is 5.52 Å². The molecule has 242 valence electrons. The lowest BCUT2D eigenvalue weighted by molar-refractivity contribution is -0.287. The molecule has 4 heterocycles. The van der Waals surface area contributed by atoms with Crippen LogP contribution in [0.25, 0.3) is 32.9 Å². The number of nitrogens with zero attached hydrogens (tertiary/aromatic N) is 6. The molecule has 0 aliphatic heterocycles. The highest BCUT2D eigenvalue weighted by Gasteiger charge is 2.56. The largest absolute Gasteiger partial charge is 0.494 e. The molecule has 6 rings (SSSR count). The molecule has 0 amide bonds. The van der Waals surface area contributed by atoms with E-state index >= 15 is 0 Å². The Morgan fingerprint density at radius 3 is 2.26 bits per heavy atom. The molecule has 0 atom stereocenters. The first kappa shape index (κ1) is 31.8. The number of anilines is 3. The van der Waals surface area contributed by atoms with Crippen molar-refractivity contribution >= 4 is 51.1 Å². The van der Waals surface area contributed by atoms with Crippen molar-refractivity contribution in [1.82, 2.24) is 29.7 Å². The fraction of sp³-hybridized carbons (Fsp3) is 0.194. The summed E-state index contributed by atoms with van der Waals surface area (Å²) >= 11 is 1.34. The first-order valence-electron chi connectivity index (χ1n) is 13.9. The number of aryl methyl sites for hydroxylation is 1. The highest BCUT2D eigenvalue weighted by Crippen LogP contribution is 2.41. The lowest BCUT2D eigenvalue weighted by Gasteiger charge is -2.23. The normalized spacial score (nSPS) is 12.2. The predicted molar refractivity (Wildman–Crippen MR) is 166 cm³/mol. The summed E-state index contributed by atoms with van der Waals surface area (Å²) in [6.07, 6.45) is -3.24. The lowest BCUT2D eigenvalue weighted by Crippen LogP contribution is -2.39. The summed E-state index contributed by atoms with van der Waals surface area (Å²) in [5, 5.41) is 9.10. The van der Waals surface area contributed by atoms with Gasteiger partial charge in [-0.2, -0.15) is 31.4 Å². The van der Waals surface area contributed by atoms with Gasteiger partial charge in [0.25, 0.3) is 0 Å². The van der Waals surface area contributed by atoms with Gasteiger partial charge in [-0.3, -0.25) is 14.4 Å². The average molecular weight is 671 g/mol. The number of pyridine rings is 2. The SMILES string of the molecule is COc1cnc(NSc2ccc(Nc3cc4c(-c5ccc6c(cnn6CC(C(F)(F)F)C(F)(F)F)c5C)nccc4cn3)cc2)nc1. The zero-order valence-electron chi connectivity index (χ0n) is 24.6. The second kappa shape index (κ2) is 12.6. The van der Waals surface area contributed by atoms with Crippen LogP contribution in [0.1, 0.15) is 5.56 Å². The third kappa shape index (κ3) is 6.86.